The Morgan fingerprint density at radius 1 is 0.686 bits per heavy atom. The number of methoxy groups -OCH3 is 1. The fourth-order valence-corrected chi connectivity index (χ4v) is 7.87. The summed E-state index contributed by atoms with van der Waals surface area (Å²) in [7, 11) is 1.66. The highest BCUT2D eigenvalue weighted by Gasteiger charge is 2.47. The first-order chi connectivity index (χ1) is 16.8. The van der Waals surface area contributed by atoms with Gasteiger partial charge in [-0.15, -0.1) is 0 Å². The van der Waals surface area contributed by atoms with Crippen molar-refractivity contribution in [1.29, 1.82) is 0 Å². The number of rotatable bonds is 4. The van der Waals surface area contributed by atoms with Crippen LogP contribution in [0.2, 0.25) is 0 Å². The molecule has 0 N–H and O–H groups in total. The monoisotopic (exact) mass is 718 g/mol. The van der Waals surface area contributed by atoms with Gasteiger partial charge in [0.25, 0.3) is 0 Å². The molecule has 0 radical (unpaired) electrons. The first-order valence-electron chi connectivity index (χ1n) is 10.7. The summed E-state index contributed by atoms with van der Waals surface area (Å²) in [5.41, 5.74) is 6.16. The van der Waals surface area contributed by atoms with E-state index in [1.165, 1.54) is 29.2 Å². The SMILES string of the molecule is COc1c(Br)cc(C2(c3cc(Br)c(OC(C)=O)c(Br)c3)c3ccccc3-c3ccccc32)cc1Br. The molecule has 3 nitrogen and oxygen atoms in total. The molecule has 0 amide bonds. The third-order valence-corrected chi connectivity index (χ3v) is 8.62. The van der Waals surface area contributed by atoms with E-state index in [-0.39, 0.29) is 5.97 Å². The number of ether oxygens (including phenoxy) is 2. The van der Waals surface area contributed by atoms with Gasteiger partial charge in [0, 0.05) is 6.92 Å². The Labute approximate surface area is 237 Å². The second kappa shape index (κ2) is 9.51. The van der Waals surface area contributed by atoms with Crippen LogP contribution < -0.4 is 9.47 Å². The molecule has 4 aromatic rings. The lowest BCUT2D eigenvalue weighted by Crippen LogP contribution is -2.29. The summed E-state index contributed by atoms with van der Waals surface area (Å²) in [5, 5.41) is 0. The molecular formula is C28H18Br4O3. The highest BCUT2D eigenvalue weighted by atomic mass is 79.9. The molecule has 0 saturated heterocycles. The summed E-state index contributed by atoms with van der Waals surface area (Å²) in [4.78, 5) is 11.7. The maximum absolute atomic E-state index is 11.7. The lowest BCUT2D eigenvalue weighted by atomic mass is 9.67. The van der Waals surface area contributed by atoms with Crippen molar-refractivity contribution in [3.8, 4) is 22.6 Å². The first kappa shape index (κ1) is 24.8. The van der Waals surface area contributed by atoms with Crippen LogP contribution in [0, 0.1) is 0 Å². The van der Waals surface area contributed by atoms with Crippen molar-refractivity contribution in [2.24, 2.45) is 0 Å². The van der Waals surface area contributed by atoms with Gasteiger partial charge in [-0.2, -0.15) is 0 Å². The van der Waals surface area contributed by atoms with Gasteiger partial charge in [0.15, 0.2) is 5.75 Å². The van der Waals surface area contributed by atoms with Crippen molar-refractivity contribution < 1.29 is 14.3 Å². The lowest BCUT2D eigenvalue weighted by Gasteiger charge is -2.35. The molecule has 176 valence electrons. The predicted molar refractivity (Wildman–Crippen MR) is 152 cm³/mol. The van der Waals surface area contributed by atoms with Gasteiger partial charge in [-0.1, -0.05) is 48.5 Å². The van der Waals surface area contributed by atoms with E-state index >= 15 is 0 Å². The van der Waals surface area contributed by atoms with Gasteiger partial charge in [-0.3, -0.25) is 4.79 Å². The van der Waals surface area contributed by atoms with Crippen LogP contribution in [0.3, 0.4) is 0 Å². The second-order valence-electron chi connectivity index (χ2n) is 8.18. The highest BCUT2D eigenvalue weighted by molar-refractivity contribution is 9.11. The van der Waals surface area contributed by atoms with E-state index in [0.29, 0.717) is 14.7 Å². The van der Waals surface area contributed by atoms with Gasteiger partial charge in [0.2, 0.25) is 0 Å². The largest absolute Gasteiger partial charge is 0.494 e. The zero-order valence-corrected chi connectivity index (χ0v) is 25.0. The maximum atomic E-state index is 11.7. The van der Waals surface area contributed by atoms with Crippen molar-refractivity contribution in [1.82, 2.24) is 0 Å². The number of benzene rings is 4. The molecule has 0 atom stereocenters. The summed E-state index contributed by atoms with van der Waals surface area (Å²) in [6, 6.07) is 25.3. The maximum Gasteiger partial charge on any atom is 0.308 e. The van der Waals surface area contributed by atoms with E-state index in [1.807, 2.05) is 12.1 Å². The second-order valence-corrected chi connectivity index (χ2v) is 11.6. The first-order valence-corrected chi connectivity index (χ1v) is 13.9. The summed E-state index contributed by atoms with van der Waals surface area (Å²) >= 11 is 14.7. The molecule has 35 heavy (non-hydrogen) atoms. The number of hydrogen-bond acceptors (Lipinski definition) is 3. The van der Waals surface area contributed by atoms with E-state index in [9.17, 15) is 4.79 Å². The fourth-order valence-electron chi connectivity index (χ4n) is 5.01. The van der Waals surface area contributed by atoms with Gasteiger partial charge in [-0.25, -0.2) is 0 Å². The Bertz CT molecular complexity index is 1400. The van der Waals surface area contributed by atoms with E-state index in [1.54, 1.807) is 7.11 Å². The summed E-state index contributed by atoms with van der Waals surface area (Å²) < 4.78 is 14.1. The molecule has 0 unspecified atom stereocenters. The van der Waals surface area contributed by atoms with Crippen molar-refractivity contribution >= 4 is 69.7 Å². The average Bonchev–Trinajstić information content (AvgIpc) is 3.12. The Hall–Kier alpha value is -1.93. The van der Waals surface area contributed by atoms with Gasteiger partial charge in [0.1, 0.15) is 5.75 Å². The minimum atomic E-state index is -0.635. The number of carbonyl (C=O) groups excluding carboxylic acids is 1. The van der Waals surface area contributed by atoms with E-state index in [0.717, 1.165) is 25.8 Å². The Morgan fingerprint density at radius 3 is 1.49 bits per heavy atom. The van der Waals surface area contributed by atoms with Crippen LogP contribution in [0.4, 0.5) is 0 Å². The van der Waals surface area contributed by atoms with Crippen LogP contribution in [-0.4, -0.2) is 13.1 Å². The molecule has 0 saturated carbocycles. The summed E-state index contributed by atoms with van der Waals surface area (Å²) in [6.07, 6.45) is 0. The molecule has 7 heteroatoms. The van der Waals surface area contributed by atoms with Crippen LogP contribution >= 0.6 is 63.7 Å². The third kappa shape index (κ3) is 3.91. The average molecular weight is 722 g/mol. The van der Waals surface area contributed by atoms with E-state index in [2.05, 4.69) is 124 Å². The highest BCUT2D eigenvalue weighted by Crippen LogP contribution is 2.58. The molecule has 1 aliphatic rings. The Kier molecular flexibility index (Phi) is 6.72. The van der Waals surface area contributed by atoms with Crippen LogP contribution in [0.1, 0.15) is 29.2 Å². The van der Waals surface area contributed by atoms with Gasteiger partial charge in [0.05, 0.1) is 30.4 Å². The standard InChI is InChI=1S/C28H18Br4O3/c1-15(33)35-27-24(31)13-17(14-25(27)32)28(16-11-22(29)26(34-2)23(30)12-16)20-9-5-3-7-18(20)19-8-4-6-10-21(19)28/h3-14H,1-2H3. The molecule has 0 aromatic heterocycles. The predicted octanol–water partition coefficient (Wildman–Crippen LogP) is 9.03. The minimum Gasteiger partial charge on any atom is -0.494 e. The minimum absolute atomic E-state index is 0.381. The molecule has 1 aliphatic carbocycles. The van der Waals surface area contributed by atoms with Gasteiger partial charge < -0.3 is 9.47 Å². The topological polar surface area (TPSA) is 35.5 Å². The van der Waals surface area contributed by atoms with E-state index in [4.69, 9.17) is 9.47 Å². The number of hydrogen-bond donors (Lipinski definition) is 0. The van der Waals surface area contributed by atoms with Crippen molar-refractivity contribution in [2.45, 2.75) is 12.3 Å². The smallest absolute Gasteiger partial charge is 0.308 e. The summed E-state index contributed by atoms with van der Waals surface area (Å²) in [6.45, 7) is 1.39. The molecule has 0 bridgehead atoms. The number of fused-ring (bicyclic) bond motifs is 3. The molecule has 0 spiro atoms. The Balaban J connectivity index is 1.92. The van der Waals surface area contributed by atoms with Crippen LogP contribution in [0.5, 0.6) is 11.5 Å². The van der Waals surface area contributed by atoms with Gasteiger partial charge >= 0.3 is 5.97 Å². The van der Waals surface area contributed by atoms with E-state index < -0.39 is 5.41 Å². The normalized spacial score (nSPS) is 13.2. The number of halogens is 4. The molecular weight excluding hydrogens is 704 g/mol. The molecule has 0 heterocycles. The summed E-state index contributed by atoms with van der Waals surface area (Å²) in [5.74, 6) is 0.803. The van der Waals surface area contributed by atoms with Crippen LogP contribution in [0.25, 0.3) is 11.1 Å². The molecule has 4 aromatic carbocycles. The zero-order valence-electron chi connectivity index (χ0n) is 18.7. The fraction of sp³-hybridized carbons (Fsp3) is 0.107. The van der Waals surface area contributed by atoms with Crippen molar-refractivity contribution in [3.05, 3.63) is 113 Å². The van der Waals surface area contributed by atoms with Crippen molar-refractivity contribution in [2.75, 3.05) is 7.11 Å². The van der Waals surface area contributed by atoms with Crippen molar-refractivity contribution in [3.63, 3.8) is 0 Å². The van der Waals surface area contributed by atoms with Crippen LogP contribution in [-0.2, 0) is 10.2 Å². The van der Waals surface area contributed by atoms with Crippen LogP contribution in [0.15, 0.2) is 90.7 Å². The quantitative estimate of drug-likeness (QED) is 0.137. The molecule has 0 aliphatic heterocycles. The number of esters is 1. The third-order valence-electron chi connectivity index (χ3n) is 6.26. The zero-order chi connectivity index (χ0) is 24.9. The van der Waals surface area contributed by atoms with Gasteiger partial charge in [-0.05, 0) is 121 Å². The lowest BCUT2D eigenvalue weighted by molar-refractivity contribution is -0.131. The molecule has 5 rings (SSSR count). The Morgan fingerprint density at radius 2 is 1.09 bits per heavy atom. The molecule has 0 fully saturated rings. The number of carbonyl (C=O) groups is 1.